The maximum absolute atomic E-state index is 14.5. The Morgan fingerprint density at radius 2 is 2.00 bits per heavy atom. The summed E-state index contributed by atoms with van der Waals surface area (Å²) in [5.41, 5.74) is 10.9. The number of nitrogens with zero attached hydrogens (tertiary/aromatic N) is 6. The van der Waals surface area contributed by atoms with E-state index in [4.69, 9.17) is 15.7 Å². The van der Waals surface area contributed by atoms with E-state index in [1.807, 2.05) is 47.2 Å². The van der Waals surface area contributed by atoms with Crippen LogP contribution in [0.2, 0.25) is 0 Å². The van der Waals surface area contributed by atoms with Gasteiger partial charge >= 0.3 is 0 Å². The lowest BCUT2D eigenvalue weighted by molar-refractivity contribution is -0.121. The Kier molecular flexibility index (Phi) is 6.58. The van der Waals surface area contributed by atoms with Gasteiger partial charge in [-0.05, 0) is 72.5 Å². The first-order valence-corrected chi connectivity index (χ1v) is 13.9. The first-order valence-electron chi connectivity index (χ1n) is 13.9. The number of hydrogen-bond donors (Lipinski definition) is 3. The summed E-state index contributed by atoms with van der Waals surface area (Å²) in [6.45, 7) is 0. The average Bonchev–Trinajstić information content (AvgIpc) is 3.79. The molecule has 1 aliphatic rings. The summed E-state index contributed by atoms with van der Waals surface area (Å²) in [6.07, 6.45) is 6.59. The molecule has 1 unspecified atom stereocenters. The molecule has 1 atom stereocenters. The largest absolute Gasteiger partial charge is 0.504 e. The summed E-state index contributed by atoms with van der Waals surface area (Å²) in [5.74, 6) is -0.564. The van der Waals surface area contributed by atoms with Crippen LogP contribution in [-0.2, 0) is 17.6 Å². The molecule has 1 aliphatic carbocycles. The normalized spacial score (nSPS) is 14.1. The Morgan fingerprint density at radius 3 is 2.80 bits per heavy atom. The zero-order chi connectivity index (χ0) is 30.4. The monoisotopic (exact) mass is 588 g/mol. The lowest BCUT2D eigenvalue weighted by Gasteiger charge is -2.16. The van der Waals surface area contributed by atoms with Crippen molar-refractivity contribution in [2.45, 2.75) is 25.3 Å². The molecule has 4 N–H and O–H groups in total. The molecule has 11 nitrogen and oxygen atoms in total. The van der Waals surface area contributed by atoms with Crippen LogP contribution in [0.3, 0.4) is 0 Å². The Balaban J connectivity index is 1.23. The second-order valence-electron chi connectivity index (χ2n) is 10.5. The first-order chi connectivity index (χ1) is 21.4. The number of phenolic OH excluding ortho intramolecular Hbond substituents is 1. The minimum atomic E-state index is -0.969. The highest BCUT2D eigenvalue weighted by molar-refractivity contribution is 5.84. The number of carbonyl (C=O) groups is 2. The molecule has 0 bridgehead atoms. The van der Waals surface area contributed by atoms with Gasteiger partial charge in [0.25, 0.3) is 0 Å². The molecule has 12 heteroatoms. The number of aromatic nitrogens is 6. The van der Waals surface area contributed by atoms with E-state index in [0.29, 0.717) is 53.3 Å². The number of pyridine rings is 2. The van der Waals surface area contributed by atoms with Gasteiger partial charge in [0.2, 0.25) is 5.91 Å². The predicted octanol–water partition coefficient (Wildman–Crippen LogP) is 4.25. The van der Waals surface area contributed by atoms with Crippen LogP contribution in [0.15, 0.2) is 79.3 Å². The number of fused-ring (bicyclic) bond motifs is 2. The quantitative estimate of drug-likeness (QED) is 0.234. The molecule has 1 amide bonds. The van der Waals surface area contributed by atoms with Crippen molar-refractivity contribution in [1.82, 2.24) is 34.6 Å². The van der Waals surface area contributed by atoms with Crippen molar-refractivity contribution >= 4 is 29.2 Å². The van der Waals surface area contributed by atoms with E-state index >= 15 is 0 Å². The van der Waals surface area contributed by atoms with Crippen LogP contribution in [0.5, 0.6) is 5.75 Å². The van der Waals surface area contributed by atoms with Crippen molar-refractivity contribution in [1.29, 1.82) is 0 Å². The van der Waals surface area contributed by atoms with Crippen molar-refractivity contribution in [3.05, 3.63) is 107 Å². The second-order valence-corrected chi connectivity index (χ2v) is 10.5. The number of hydrogen-bond acceptors (Lipinski definition) is 8. The van der Waals surface area contributed by atoms with Crippen molar-refractivity contribution in [2.75, 3.05) is 5.73 Å². The number of benzene rings is 2. The van der Waals surface area contributed by atoms with Gasteiger partial charge in [-0.25, -0.2) is 24.0 Å². The molecular formula is C32H25FN8O3. The van der Waals surface area contributed by atoms with Crippen LogP contribution in [-0.4, -0.2) is 46.6 Å². The fourth-order valence-corrected chi connectivity index (χ4v) is 5.68. The maximum Gasteiger partial charge on any atom is 0.225 e. The molecule has 44 heavy (non-hydrogen) atoms. The molecule has 0 aliphatic heterocycles. The van der Waals surface area contributed by atoms with Crippen LogP contribution in [0, 0.1) is 5.82 Å². The van der Waals surface area contributed by atoms with Crippen LogP contribution < -0.4 is 11.1 Å². The van der Waals surface area contributed by atoms with E-state index < -0.39 is 17.5 Å². The number of imidazole rings is 1. The first kappa shape index (κ1) is 27.0. The van der Waals surface area contributed by atoms with Crippen molar-refractivity contribution in [3.8, 4) is 28.6 Å². The third-order valence-electron chi connectivity index (χ3n) is 7.81. The summed E-state index contributed by atoms with van der Waals surface area (Å²) >= 11 is 0. The molecule has 0 saturated heterocycles. The van der Waals surface area contributed by atoms with Crippen LogP contribution in [0.4, 0.5) is 10.2 Å². The number of nitrogens with two attached hydrogens (primary N) is 1. The highest BCUT2D eigenvalue weighted by Gasteiger charge is 2.27. The van der Waals surface area contributed by atoms with Gasteiger partial charge in [0.15, 0.2) is 35.1 Å². The van der Waals surface area contributed by atoms with E-state index in [9.17, 15) is 19.1 Å². The van der Waals surface area contributed by atoms with Crippen molar-refractivity contribution in [2.24, 2.45) is 0 Å². The summed E-state index contributed by atoms with van der Waals surface area (Å²) in [6, 6.07) is 17.5. The van der Waals surface area contributed by atoms with Gasteiger partial charge in [0.1, 0.15) is 11.3 Å². The topological polar surface area (TPSA) is 154 Å². The standard InChI is InChI=1S/C32H25FN8O3/c33-28-19(4-5-20(17-42)29(28)44)16-27(43)37-24-9-6-18-15-21(7-8-22(18)24)41-31(23-3-1-12-35-30(23)34)38-25-10-11-26(39-32(25)41)40-14-2-13-36-40/h1-5,7-8,10-15,17,24,44H,6,9,16H2,(H2,34,35)(H,37,43). The zero-order valence-corrected chi connectivity index (χ0v) is 23.2. The van der Waals surface area contributed by atoms with Crippen LogP contribution in [0.25, 0.3) is 34.1 Å². The Labute approximate surface area is 249 Å². The molecule has 4 aromatic heterocycles. The zero-order valence-electron chi connectivity index (χ0n) is 23.2. The molecular weight excluding hydrogens is 563 g/mol. The number of carbonyl (C=O) groups excluding carboxylic acids is 2. The average molecular weight is 589 g/mol. The fraction of sp³-hybridized carbons (Fsp3) is 0.125. The highest BCUT2D eigenvalue weighted by Crippen LogP contribution is 2.36. The third kappa shape index (κ3) is 4.62. The van der Waals surface area contributed by atoms with Gasteiger partial charge in [-0.3, -0.25) is 14.2 Å². The van der Waals surface area contributed by atoms with Crippen LogP contribution >= 0.6 is 0 Å². The molecule has 2 aromatic carbocycles. The van der Waals surface area contributed by atoms with Gasteiger partial charge in [-0.1, -0.05) is 12.1 Å². The van der Waals surface area contributed by atoms with E-state index in [-0.39, 0.29) is 23.6 Å². The maximum atomic E-state index is 14.5. The number of anilines is 1. The minimum absolute atomic E-state index is 0.00957. The number of halogens is 1. The molecule has 0 fully saturated rings. The number of nitrogens with one attached hydrogen (secondary N) is 1. The third-order valence-corrected chi connectivity index (χ3v) is 7.81. The predicted molar refractivity (Wildman–Crippen MR) is 160 cm³/mol. The Morgan fingerprint density at radius 1 is 1.11 bits per heavy atom. The number of aryl methyl sites for hydroxylation is 1. The van der Waals surface area contributed by atoms with Crippen molar-refractivity contribution < 1.29 is 19.1 Å². The number of rotatable bonds is 7. The van der Waals surface area contributed by atoms with E-state index in [1.54, 1.807) is 23.1 Å². The van der Waals surface area contributed by atoms with Gasteiger partial charge in [0, 0.05) is 29.8 Å². The number of amides is 1. The molecule has 0 saturated carbocycles. The SMILES string of the molecule is Nc1ncccc1-c1nc2ccc(-n3cccn3)nc2n1-c1ccc2c(c1)CCC2NC(=O)Cc1ccc(C=O)c(O)c1F. The molecule has 218 valence electrons. The Bertz CT molecular complexity index is 2070. The number of nitrogen functional groups attached to an aromatic ring is 1. The number of aromatic hydroxyl groups is 1. The molecule has 6 aromatic rings. The Hall–Kier alpha value is -5.91. The lowest BCUT2D eigenvalue weighted by atomic mass is 10.0. The summed E-state index contributed by atoms with van der Waals surface area (Å²) in [5, 5.41) is 17.2. The van der Waals surface area contributed by atoms with E-state index in [2.05, 4.69) is 21.5 Å². The summed E-state index contributed by atoms with van der Waals surface area (Å²) < 4.78 is 18.1. The fourth-order valence-electron chi connectivity index (χ4n) is 5.68. The molecule has 4 heterocycles. The number of phenols is 1. The number of aldehydes is 1. The van der Waals surface area contributed by atoms with Gasteiger partial charge in [-0.2, -0.15) is 5.10 Å². The van der Waals surface area contributed by atoms with Crippen molar-refractivity contribution in [3.63, 3.8) is 0 Å². The summed E-state index contributed by atoms with van der Waals surface area (Å²) in [4.78, 5) is 37.9. The minimum Gasteiger partial charge on any atom is -0.504 e. The molecule has 0 spiro atoms. The van der Waals surface area contributed by atoms with E-state index in [1.165, 1.54) is 12.1 Å². The van der Waals surface area contributed by atoms with Crippen LogP contribution in [0.1, 0.15) is 39.5 Å². The van der Waals surface area contributed by atoms with Gasteiger partial charge < -0.3 is 16.2 Å². The molecule has 7 rings (SSSR count). The van der Waals surface area contributed by atoms with Gasteiger partial charge in [0.05, 0.1) is 23.6 Å². The lowest BCUT2D eigenvalue weighted by Crippen LogP contribution is -2.28. The second kappa shape index (κ2) is 10.7. The molecule has 0 radical (unpaired) electrons. The van der Waals surface area contributed by atoms with E-state index in [0.717, 1.165) is 16.8 Å². The van der Waals surface area contributed by atoms with Gasteiger partial charge in [-0.15, -0.1) is 0 Å². The summed E-state index contributed by atoms with van der Waals surface area (Å²) in [7, 11) is 0. The smallest absolute Gasteiger partial charge is 0.225 e. The highest BCUT2D eigenvalue weighted by atomic mass is 19.1.